The summed E-state index contributed by atoms with van der Waals surface area (Å²) in [6, 6.07) is 0.131. The Bertz CT molecular complexity index is 174. The molecule has 0 saturated carbocycles. The Morgan fingerprint density at radius 2 is 2.07 bits per heavy atom. The molecule has 0 fully saturated rings. The van der Waals surface area contributed by atoms with Gasteiger partial charge in [-0.2, -0.15) is 0 Å². The third-order valence-electron chi connectivity index (χ3n) is 2.36. The van der Waals surface area contributed by atoms with Crippen molar-refractivity contribution in [1.82, 2.24) is 10.6 Å². The molecule has 0 rings (SSSR count). The minimum atomic E-state index is 0.0101. The summed E-state index contributed by atoms with van der Waals surface area (Å²) in [4.78, 5) is 11.7. The topological polar surface area (TPSA) is 50.4 Å². The highest BCUT2D eigenvalue weighted by Crippen LogP contribution is 1.97. The quantitative estimate of drug-likeness (QED) is 0.630. The monoisotopic (exact) mass is 216 g/mol. The maximum atomic E-state index is 11.7. The number of carbonyl (C=O) groups is 1. The zero-order chi connectivity index (χ0) is 11.7. The van der Waals surface area contributed by atoms with E-state index in [4.69, 9.17) is 4.74 Å². The molecule has 0 aromatic rings. The van der Waals surface area contributed by atoms with Gasteiger partial charge in [-0.3, -0.25) is 4.79 Å². The minimum Gasteiger partial charge on any atom is -0.383 e. The Morgan fingerprint density at radius 3 is 2.53 bits per heavy atom. The van der Waals surface area contributed by atoms with Gasteiger partial charge in [-0.05, 0) is 13.0 Å². The number of rotatable bonds is 8. The predicted molar refractivity (Wildman–Crippen MR) is 61.8 cm³/mol. The van der Waals surface area contributed by atoms with E-state index in [0.29, 0.717) is 6.61 Å². The van der Waals surface area contributed by atoms with Crippen LogP contribution in [0.2, 0.25) is 0 Å². The molecule has 15 heavy (non-hydrogen) atoms. The van der Waals surface area contributed by atoms with Crippen LogP contribution in [0, 0.1) is 5.92 Å². The number of hydrogen-bond acceptors (Lipinski definition) is 3. The fourth-order valence-electron chi connectivity index (χ4n) is 1.26. The number of hydrogen-bond donors (Lipinski definition) is 2. The van der Waals surface area contributed by atoms with E-state index in [-0.39, 0.29) is 17.9 Å². The van der Waals surface area contributed by atoms with Gasteiger partial charge in [-0.1, -0.05) is 20.8 Å². The van der Waals surface area contributed by atoms with Gasteiger partial charge in [0.25, 0.3) is 0 Å². The maximum absolute atomic E-state index is 11.7. The van der Waals surface area contributed by atoms with E-state index >= 15 is 0 Å². The summed E-state index contributed by atoms with van der Waals surface area (Å²) in [5, 5.41) is 6.13. The summed E-state index contributed by atoms with van der Waals surface area (Å²) in [6.45, 7) is 8.20. The second kappa shape index (κ2) is 8.68. The van der Waals surface area contributed by atoms with E-state index in [0.717, 1.165) is 19.5 Å². The van der Waals surface area contributed by atoms with Crippen molar-refractivity contribution in [2.45, 2.75) is 33.2 Å². The second-order valence-corrected chi connectivity index (χ2v) is 3.78. The van der Waals surface area contributed by atoms with Crippen LogP contribution in [-0.2, 0) is 9.53 Å². The molecule has 0 aromatic carbocycles. The highest BCUT2D eigenvalue weighted by molar-refractivity contribution is 5.78. The average molecular weight is 216 g/mol. The number of nitrogens with one attached hydrogen (secondary N) is 2. The van der Waals surface area contributed by atoms with Crippen molar-refractivity contribution in [1.29, 1.82) is 0 Å². The number of carbonyl (C=O) groups excluding carboxylic acids is 1. The van der Waals surface area contributed by atoms with Crippen molar-refractivity contribution in [3.05, 3.63) is 0 Å². The largest absolute Gasteiger partial charge is 0.383 e. The van der Waals surface area contributed by atoms with Gasteiger partial charge in [0.2, 0.25) is 5.91 Å². The van der Waals surface area contributed by atoms with Crippen LogP contribution in [-0.4, -0.2) is 38.8 Å². The van der Waals surface area contributed by atoms with Gasteiger partial charge in [0, 0.05) is 19.6 Å². The van der Waals surface area contributed by atoms with Crippen molar-refractivity contribution in [3.8, 4) is 0 Å². The Labute approximate surface area is 92.8 Å². The smallest absolute Gasteiger partial charge is 0.224 e. The van der Waals surface area contributed by atoms with Gasteiger partial charge < -0.3 is 15.4 Å². The first-order chi connectivity index (χ1) is 7.15. The molecule has 4 heteroatoms. The fourth-order valence-corrected chi connectivity index (χ4v) is 1.26. The van der Waals surface area contributed by atoms with Crippen LogP contribution in [0.1, 0.15) is 27.2 Å². The Morgan fingerprint density at radius 1 is 1.40 bits per heavy atom. The molecular formula is C11H24N2O2. The standard InChI is InChI=1S/C11H24N2O2/c1-5-10(8-15-4)13-11(14)9(3)7-12-6-2/h9-10,12H,5-8H2,1-4H3,(H,13,14). The van der Waals surface area contributed by atoms with Crippen LogP contribution in [0.15, 0.2) is 0 Å². The zero-order valence-electron chi connectivity index (χ0n) is 10.3. The lowest BCUT2D eigenvalue weighted by molar-refractivity contribution is -0.125. The van der Waals surface area contributed by atoms with E-state index in [1.54, 1.807) is 7.11 Å². The normalized spacial score (nSPS) is 14.7. The molecule has 2 unspecified atom stereocenters. The van der Waals surface area contributed by atoms with Crippen molar-refractivity contribution < 1.29 is 9.53 Å². The molecule has 90 valence electrons. The van der Waals surface area contributed by atoms with Crippen molar-refractivity contribution >= 4 is 5.91 Å². The van der Waals surface area contributed by atoms with E-state index in [1.165, 1.54) is 0 Å². The first-order valence-electron chi connectivity index (χ1n) is 5.65. The summed E-state index contributed by atoms with van der Waals surface area (Å²) >= 11 is 0. The molecule has 2 N–H and O–H groups in total. The molecule has 0 heterocycles. The number of methoxy groups -OCH3 is 1. The van der Waals surface area contributed by atoms with E-state index < -0.39 is 0 Å². The number of amides is 1. The van der Waals surface area contributed by atoms with E-state index in [2.05, 4.69) is 10.6 Å². The molecule has 0 bridgehead atoms. The molecular weight excluding hydrogens is 192 g/mol. The molecule has 0 radical (unpaired) electrons. The van der Waals surface area contributed by atoms with Gasteiger partial charge in [0.05, 0.1) is 12.6 Å². The van der Waals surface area contributed by atoms with Crippen molar-refractivity contribution in [3.63, 3.8) is 0 Å². The molecule has 0 spiro atoms. The van der Waals surface area contributed by atoms with Crippen molar-refractivity contribution in [2.75, 3.05) is 26.8 Å². The first kappa shape index (κ1) is 14.4. The maximum Gasteiger partial charge on any atom is 0.224 e. The molecule has 0 saturated heterocycles. The summed E-state index contributed by atoms with van der Waals surface area (Å²) in [7, 11) is 1.65. The lowest BCUT2D eigenvalue weighted by Gasteiger charge is -2.19. The Kier molecular flexibility index (Phi) is 8.33. The lowest BCUT2D eigenvalue weighted by atomic mass is 10.1. The average Bonchev–Trinajstić information content (AvgIpc) is 2.24. The number of ether oxygens (including phenoxy) is 1. The van der Waals surface area contributed by atoms with Crippen LogP contribution in [0.25, 0.3) is 0 Å². The highest BCUT2D eigenvalue weighted by atomic mass is 16.5. The molecule has 2 atom stereocenters. The zero-order valence-corrected chi connectivity index (χ0v) is 10.3. The minimum absolute atomic E-state index is 0.0101. The SMILES string of the molecule is CCNCC(C)C(=O)NC(CC)COC. The molecule has 0 aromatic heterocycles. The fraction of sp³-hybridized carbons (Fsp3) is 0.909. The summed E-state index contributed by atoms with van der Waals surface area (Å²) in [5.41, 5.74) is 0. The third-order valence-corrected chi connectivity index (χ3v) is 2.36. The summed E-state index contributed by atoms with van der Waals surface area (Å²) in [5.74, 6) is 0.107. The van der Waals surface area contributed by atoms with Gasteiger partial charge in [0.15, 0.2) is 0 Å². The van der Waals surface area contributed by atoms with Crippen LogP contribution in [0.4, 0.5) is 0 Å². The molecule has 0 aliphatic carbocycles. The lowest BCUT2D eigenvalue weighted by Crippen LogP contribution is -2.42. The molecule has 0 aliphatic heterocycles. The summed E-state index contributed by atoms with van der Waals surface area (Å²) in [6.07, 6.45) is 0.896. The van der Waals surface area contributed by atoms with Crippen LogP contribution < -0.4 is 10.6 Å². The highest BCUT2D eigenvalue weighted by Gasteiger charge is 2.15. The molecule has 0 aliphatic rings. The van der Waals surface area contributed by atoms with Crippen molar-refractivity contribution in [2.24, 2.45) is 5.92 Å². The van der Waals surface area contributed by atoms with E-state index in [9.17, 15) is 4.79 Å². The van der Waals surface area contributed by atoms with Crippen LogP contribution >= 0.6 is 0 Å². The van der Waals surface area contributed by atoms with Crippen LogP contribution in [0.3, 0.4) is 0 Å². The van der Waals surface area contributed by atoms with Crippen LogP contribution in [0.5, 0.6) is 0 Å². The molecule has 4 nitrogen and oxygen atoms in total. The summed E-state index contributed by atoms with van der Waals surface area (Å²) < 4.78 is 5.03. The third kappa shape index (κ3) is 6.47. The van der Waals surface area contributed by atoms with E-state index in [1.807, 2.05) is 20.8 Å². The Balaban J connectivity index is 3.87. The predicted octanol–water partition coefficient (Wildman–Crippen LogP) is 0.773. The Hall–Kier alpha value is -0.610. The van der Waals surface area contributed by atoms with Gasteiger partial charge in [-0.15, -0.1) is 0 Å². The van der Waals surface area contributed by atoms with Gasteiger partial charge >= 0.3 is 0 Å². The second-order valence-electron chi connectivity index (χ2n) is 3.78. The van der Waals surface area contributed by atoms with Gasteiger partial charge in [0.1, 0.15) is 0 Å². The van der Waals surface area contributed by atoms with Gasteiger partial charge in [-0.25, -0.2) is 0 Å². The molecule has 1 amide bonds. The first-order valence-corrected chi connectivity index (χ1v) is 5.65.